The second-order valence-corrected chi connectivity index (χ2v) is 4.02. The summed E-state index contributed by atoms with van der Waals surface area (Å²) in [6.45, 7) is 3.61. The largest absolute Gasteiger partial charge is 0.321 e. The highest BCUT2D eigenvalue weighted by molar-refractivity contribution is 5.16. The number of aryl methyl sites for hydroxylation is 1. The highest BCUT2D eigenvalue weighted by Gasteiger charge is 2.31. The Hall–Kier alpha value is -1.16. The zero-order chi connectivity index (χ0) is 10.3. The fourth-order valence-electron chi connectivity index (χ4n) is 1.50. The van der Waals surface area contributed by atoms with Crippen molar-refractivity contribution >= 4 is 0 Å². The van der Waals surface area contributed by atoms with E-state index in [-0.39, 0.29) is 11.6 Å². The number of rotatable bonds is 2. The molecule has 0 radical (unpaired) electrons. The van der Waals surface area contributed by atoms with Gasteiger partial charge in [-0.1, -0.05) is 0 Å². The predicted octanol–water partition coefficient (Wildman–Crippen LogP) is 0.797. The van der Waals surface area contributed by atoms with Crippen molar-refractivity contribution in [3.05, 3.63) is 27.4 Å². The molecule has 1 saturated carbocycles. The molecular formula is C10H15N3O. The van der Waals surface area contributed by atoms with Gasteiger partial charge in [-0.05, 0) is 32.6 Å². The molecule has 1 aliphatic carbocycles. The van der Waals surface area contributed by atoms with Gasteiger partial charge in [0.15, 0.2) is 0 Å². The Labute approximate surface area is 82.6 Å². The molecule has 0 bridgehead atoms. The molecule has 2 rings (SSSR count). The topological polar surface area (TPSA) is 71.8 Å². The molecule has 14 heavy (non-hydrogen) atoms. The van der Waals surface area contributed by atoms with Gasteiger partial charge in [0.1, 0.15) is 5.82 Å². The van der Waals surface area contributed by atoms with Gasteiger partial charge in [0, 0.05) is 11.3 Å². The summed E-state index contributed by atoms with van der Waals surface area (Å²) >= 11 is 0. The highest BCUT2D eigenvalue weighted by atomic mass is 16.1. The second kappa shape index (κ2) is 3.20. The van der Waals surface area contributed by atoms with E-state index in [2.05, 4.69) is 9.97 Å². The van der Waals surface area contributed by atoms with Crippen LogP contribution in [-0.4, -0.2) is 9.97 Å². The number of hydrogen-bond acceptors (Lipinski definition) is 3. The molecular weight excluding hydrogens is 178 g/mol. The third kappa shape index (κ3) is 1.57. The maximum Gasteiger partial charge on any atom is 0.254 e. The smallest absolute Gasteiger partial charge is 0.254 e. The lowest BCUT2D eigenvalue weighted by Gasteiger charge is -2.10. The Balaban J connectivity index is 2.39. The van der Waals surface area contributed by atoms with Crippen molar-refractivity contribution in [2.75, 3.05) is 0 Å². The zero-order valence-electron chi connectivity index (χ0n) is 8.50. The maximum atomic E-state index is 11.5. The maximum absolute atomic E-state index is 11.5. The van der Waals surface area contributed by atoms with Gasteiger partial charge in [0.2, 0.25) is 0 Å². The Morgan fingerprint density at radius 2 is 2.14 bits per heavy atom. The van der Waals surface area contributed by atoms with Crippen LogP contribution in [0.15, 0.2) is 4.79 Å². The summed E-state index contributed by atoms with van der Waals surface area (Å²) in [6.07, 6.45) is 2.30. The molecule has 0 aliphatic heterocycles. The molecule has 0 spiro atoms. The van der Waals surface area contributed by atoms with E-state index in [4.69, 9.17) is 5.73 Å². The van der Waals surface area contributed by atoms with E-state index >= 15 is 0 Å². The molecule has 76 valence electrons. The number of nitrogens with one attached hydrogen (secondary N) is 1. The second-order valence-electron chi connectivity index (χ2n) is 4.02. The molecule has 0 aromatic carbocycles. The molecule has 1 fully saturated rings. The van der Waals surface area contributed by atoms with Gasteiger partial charge in [-0.3, -0.25) is 4.79 Å². The molecule has 1 unspecified atom stereocenters. The van der Waals surface area contributed by atoms with E-state index in [1.54, 1.807) is 6.92 Å². The van der Waals surface area contributed by atoms with Crippen molar-refractivity contribution in [1.82, 2.24) is 9.97 Å². The molecule has 4 nitrogen and oxygen atoms in total. The summed E-state index contributed by atoms with van der Waals surface area (Å²) in [7, 11) is 0. The molecule has 1 aromatic heterocycles. The average Bonchev–Trinajstić information content (AvgIpc) is 2.95. The molecule has 4 heteroatoms. The predicted molar refractivity (Wildman–Crippen MR) is 54.0 cm³/mol. The highest BCUT2D eigenvalue weighted by Crippen LogP contribution is 2.38. The van der Waals surface area contributed by atoms with E-state index in [1.165, 1.54) is 0 Å². The van der Waals surface area contributed by atoms with Crippen molar-refractivity contribution in [2.45, 2.75) is 32.7 Å². The summed E-state index contributed by atoms with van der Waals surface area (Å²) in [5.41, 5.74) is 7.34. The standard InChI is InChI=1S/C10H15N3O/c1-5-6(2)12-9(13-10(5)14)8(11)7-3-4-7/h7-8H,3-4,11H2,1-2H3,(H,12,13,14). The van der Waals surface area contributed by atoms with Crippen molar-refractivity contribution < 1.29 is 0 Å². The summed E-state index contributed by atoms with van der Waals surface area (Å²) in [6, 6.07) is -0.0954. The van der Waals surface area contributed by atoms with Crippen LogP contribution in [0.2, 0.25) is 0 Å². The van der Waals surface area contributed by atoms with Gasteiger partial charge in [-0.2, -0.15) is 0 Å². The fourth-order valence-corrected chi connectivity index (χ4v) is 1.50. The third-order valence-corrected chi connectivity index (χ3v) is 2.86. The average molecular weight is 193 g/mol. The van der Waals surface area contributed by atoms with E-state index in [0.717, 1.165) is 18.5 Å². The van der Waals surface area contributed by atoms with Crippen LogP contribution in [-0.2, 0) is 0 Å². The van der Waals surface area contributed by atoms with Crippen molar-refractivity contribution in [2.24, 2.45) is 11.7 Å². The first kappa shape index (κ1) is 9.40. The Bertz CT molecular complexity index is 406. The van der Waals surface area contributed by atoms with Gasteiger partial charge < -0.3 is 10.7 Å². The number of aromatic nitrogens is 2. The van der Waals surface area contributed by atoms with E-state index in [9.17, 15) is 4.79 Å². The van der Waals surface area contributed by atoms with Crippen LogP contribution >= 0.6 is 0 Å². The monoisotopic (exact) mass is 193 g/mol. The van der Waals surface area contributed by atoms with E-state index < -0.39 is 0 Å². The van der Waals surface area contributed by atoms with Crippen molar-refractivity contribution in [1.29, 1.82) is 0 Å². The lowest BCUT2D eigenvalue weighted by Crippen LogP contribution is -2.23. The van der Waals surface area contributed by atoms with Gasteiger partial charge in [-0.15, -0.1) is 0 Å². The summed E-state index contributed by atoms with van der Waals surface area (Å²) in [4.78, 5) is 18.5. The van der Waals surface area contributed by atoms with Gasteiger partial charge in [0.05, 0.1) is 6.04 Å². The minimum atomic E-state index is -0.0954. The Morgan fingerprint density at radius 3 is 2.64 bits per heavy atom. The Morgan fingerprint density at radius 1 is 1.50 bits per heavy atom. The number of nitrogens with zero attached hydrogens (tertiary/aromatic N) is 1. The van der Waals surface area contributed by atoms with Crippen LogP contribution in [0.5, 0.6) is 0 Å². The van der Waals surface area contributed by atoms with Crippen LogP contribution in [0.1, 0.15) is 36.0 Å². The number of hydrogen-bond donors (Lipinski definition) is 2. The minimum Gasteiger partial charge on any atom is -0.321 e. The van der Waals surface area contributed by atoms with Crippen molar-refractivity contribution in [3.63, 3.8) is 0 Å². The summed E-state index contributed by atoms with van der Waals surface area (Å²) in [5.74, 6) is 1.15. The first-order valence-corrected chi connectivity index (χ1v) is 4.92. The quantitative estimate of drug-likeness (QED) is 0.729. The van der Waals surface area contributed by atoms with Crippen LogP contribution in [0.4, 0.5) is 0 Å². The van der Waals surface area contributed by atoms with Gasteiger partial charge in [-0.25, -0.2) is 4.98 Å². The van der Waals surface area contributed by atoms with Crippen LogP contribution in [0.3, 0.4) is 0 Å². The summed E-state index contributed by atoms with van der Waals surface area (Å²) < 4.78 is 0. The van der Waals surface area contributed by atoms with E-state index in [1.807, 2.05) is 6.92 Å². The first-order chi connectivity index (χ1) is 6.59. The van der Waals surface area contributed by atoms with Crippen LogP contribution in [0.25, 0.3) is 0 Å². The Kier molecular flexibility index (Phi) is 2.15. The molecule has 0 amide bonds. The third-order valence-electron chi connectivity index (χ3n) is 2.86. The van der Waals surface area contributed by atoms with Gasteiger partial charge >= 0.3 is 0 Å². The first-order valence-electron chi connectivity index (χ1n) is 4.92. The number of aromatic amines is 1. The SMILES string of the molecule is Cc1nc(C(N)C2CC2)[nH]c(=O)c1C. The van der Waals surface area contributed by atoms with Crippen LogP contribution in [0, 0.1) is 19.8 Å². The molecule has 1 aliphatic rings. The van der Waals surface area contributed by atoms with Crippen molar-refractivity contribution in [3.8, 4) is 0 Å². The number of H-pyrrole nitrogens is 1. The minimum absolute atomic E-state index is 0.0661. The zero-order valence-corrected chi connectivity index (χ0v) is 8.50. The number of nitrogens with two attached hydrogens (primary N) is 1. The van der Waals surface area contributed by atoms with Gasteiger partial charge in [0.25, 0.3) is 5.56 Å². The van der Waals surface area contributed by atoms with Crippen LogP contribution < -0.4 is 11.3 Å². The molecule has 0 saturated heterocycles. The molecule has 1 atom stereocenters. The lowest BCUT2D eigenvalue weighted by atomic mass is 10.1. The summed E-state index contributed by atoms with van der Waals surface area (Å²) in [5, 5.41) is 0. The molecule has 1 aromatic rings. The normalized spacial score (nSPS) is 18.2. The lowest BCUT2D eigenvalue weighted by molar-refractivity contribution is 0.587. The molecule has 1 heterocycles. The molecule has 3 N–H and O–H groups in total. The fraction of sp³-hybridized carbons (Fsp3) is 0.600. The van der Waals surface area contributed by atoms with E-state index in [0.29, 0.717) is 17.3 Å².